The molecule has 0 spiro atoms. The number of carbonyl (C=O) groups is 2. The van der Waals surface area contributed by atoms with Crippen molar-refractivity contribution < 1.29 is 14.0 Å². The van der Waals surface area contributed by atoms with Crippen LogP contribution < -0.4 is 5.32 Å². The zero-order chi connectivity index (χ0) is 18.8. The van der Waals surface area contributed by atoms with Gasteiger partial charge in [0.15, 0.2) is 5.76 Å². The fourth-order valence-electron chi connectivity index (χ4n) is 3.46. The Balaban J connectivity index is 1.64. The van der Waals surface area contributed by atoms with Crippen molar-refractivity contribution >= 4 is 17.5 Å². The Morgan fingerprint density at radius 2 is 1.85 bits per heavy atom. The summed E-state index contributed by atoms with van der Waals surface area (Å²) in [6.45, 7) is 2.35. The van der Waals surface area contributed by atoms with Crippen LogP contribution in [0.25, 0.3) is 0 Å². The van der Waals surface area contributed by atoms with E-state index in [-0.39, 0.29) is 17.6 Å². The second-order valence-corrected chi connectivity index (χ2v) is 6.76. The Labute approximate surface area is 157 Å². The van der Waals surface area contributed by atoms with Crippen LogP contribution in [-0.2, 0) is 17.8 Å². The van der Waals surface area contributed by atoms with E-state index in [4.69, 9.17) is 4.42 Å². The van der Waals surface area contributed by atoms with Crippen LogP contribution in [-0.4, -0.2) is 22.8 Å². The van der Waals surface area contributed by atoms with E-state index in [9.17, 15) is 9.59 Å². The van der Waals surface area contributed by atoms with Gasteiger partial charge in [-0.2, -0.15) is 0 Å². The van der Waals surface area contributed by atoms with E-state index >= 15 is 0 Å². The minimum absolute atomic E-state index is 0.199. The molecule has 5 nitrogen and oxygen atoms in total. The minimum atomic E-state index is -0.599. The number of rotatable bonds is 3. The molecule has 0 saturated heterocycles. The van der Waals surface area contributed by atoms with Crippen LogP contribution in [0.15, 0.2) is 71.3 Å². The van der Waals surface area contributed by atoms with Crippen molar-refractivity contribution in [3.05, 3.63) is 89.4 Å². The first-order valence-corrected chi connectivity index (χ1v) is 8.90. The number of hydrogen-bond donors (Lipinski definition) is 1. The molecular weight excluding hydrogens is 340 g/mol. The number of nitrogens with one attached hydrogen (secondary N) is 1. The maximum absolute atomic E-state index is 13.0. The van der Waals surface area contributed by atoms with E-state index in [1.54, 1.807) is 17.0 Å². The van der Waals surface area contributed by atoms with Crippen LogP contribution in [0.2, 0.25) is 0 Å². The smallest absolute Gasteiger partial charge is 0.290 e. The molecule has 1 N–H and O–H groups in total. The standard InChI is InChI=1S/C22H20N2O3/c1-15-6-4-9-18(12-15)23-21(25)19-13-16-7-2-3-8-17(16)14-24(19)22(26)20-10-5-11-27-20/h2-12,19H,13-14H2,1H3,(H,23,25)/t19-/m0/s1. The Kier molecular flexibility index (Phi) is 4.50. The molecule has 2 aromatic carbocycles. The van der Waals surface area contributed by atoms with Gasteiger partial charge in [0.05, 0.1) is 6.26 Å². The third kappa shape index (κ3) is 3.49. The highest BCUT2D eigenvalue weighted by Gasteiger charge is 2.35. The molecule has 0 bridgehead atoms. The van der Waals surface area contributed by atoms with Gasteiger partial charge in [0, 0.05) is 18.7 Å². The van der Waals surface area contributed by atoms with E-state index in [1.807, 2.05) is 55.5 Å². The SMILES string of the molecule is Cc1cccc(NC(=O)[C@@H]2Cc3ccccc3CN2C(=O)c2ccco2)c1. The number of amides is 2. The molecule has 0 fully saturated rings. The summed E-state index contributed by atoms with van der Waals surface area (Å²) in [6.07, 6.45) is 1.94. The molecule has 4 rings (SSSR count). The predicted octanol–water partition coefficient (Wildman–Crippen LogP) is 3.79. The first-order valence-electron chi connectivity index (χ1n) is 8.90. The molecule has 1 aliphatic rings. The van der Waals surface area contributed by atoms with Crippen molar-refractivity contribution in [3.8, 4) is 0 Å². The van der Waals surface area contributed by atoms with Crippen molar-refractivity contribution in [1.29, 1.82) is 0 Å². The maximum atomic E-state index is 13.0. The average Bonchev–Trinajstić information content (AvgIpc) is 3.21. The normalized spacial score (nSPS) is 15.9. The molecular formula is C22H20N2O3. The molecule has 2 heterocycles. The Morgan fingerprint density at radius 3 is 2.59 bits per heavy atom. The van der Waals surface area contributed by atoms with Crippen molar-refractivity contribution in [2.75, 3.05) is 5.32 Å². The highest BCUT2D eigenvalue weighted by Crippen LogP contribution is 2.26. The molecule has 1 atom stereocenters. The molecule has 1 aliphatic heterocycles. The zero-order valence-corrected chi connectivity index (χ0v) is 15.0. The number of anilines is 1. The van der Waals surface area contributed by atoms with Crippen LogP contribution in [0.5, 0.6) is 0 Å². The fourth-order valence-corrected chi connectivity index (χ4v) is 3.46. The third-order valence-electron chi connectivity index (χ3n) is 4.83. The molecule has 0 unspecified atom stereocenters. The summed E-state index contributed by atoms with van der Waals surface area (Å²) in [7, 11) is 0. The summed E-state index contributed by atoms with van der Waals surface area (Å²) < 4.78 is 5.28. The molecule has 136 valence electrons. The van der Waals surface area contributed by atoms with Crippen molar-refractivity contribution in [2.24, 2.45) is 0 Å². The number of furan rings is 1. The zero-order valence-electron chi connectivity index (χ0n) is 15.0. The van der Waals surface area contributed by atoms with Gasteiger partial charge in [-0.25, -0.2) is 0 Å². The maximum Gasteiger partial charge on any atom is 0.290 e. The number of carbonyl (C=O) groups excluding carboxylic acids is 2. The van der Waals surface area contributed by atoms with E-state index in [0.29, 0.717) is 13.0 Å². The number of benzene rings is 2. The van der Waals surface area contributed by atoms with Crippen LogP contribution in [0, 0.1) is 6.92 Å². The quantitative estimate of drug-likeness (QED) is 0.773. The molecule has 2 amide bonds. The summed E-state index contributed by atoms with van der Waals surface area (Å²) in [6, 6.07) is 18.2. The first-order chi connectivity index (χ1) is 13.1. The van der Waals surface area contributed by atoms with Crippen LogP contribution in [0.3, 0.4) is 0 Å². The first kappa shape index (κ1) is 17.1. The van der Waals surface area contributed by atoms with E-state index in [1.165, 1.54) is 6.26 Å². The molecule has 0 aliphatic carbocycles. The highest BCUT2D eigenvalue weighted by molar-refractivity contribution is 6.00. The van der Waals surface area contributed by atoms with Gasteiger partial charge in [-0.05, 0) is 47.9 Å². The summed E-state index contributed by atoms with van der Waals surface area (Å²) in [5, 5.41) is 2.95. The number of aryl methyl sites for hydroxylation is 1. The van der Waals surface area contributed by atoms with Crippen molar-refractivity contribution in [2.45, 2.75) is 25.9 Å². The topological polar surface area (TPSA) is 62.6 Å². The van der Waals surface area contributed by atoms with Gasteiger partial charge in [0.2, 0.25) is 5.91 Å². The molecule has 0 saturated carbocycles. The number of hydrogen-bond acceptors (Lipinski definition) is 3. The summed E-state index contributed by atoms with van der Waals surface area (Å²) in [5.41, 5.74) is 3.93. The van der Waals surface area contributed by atoms with Crippen LogP contribution in [0.4, 0.5) is 5.69 Å². The second kappa shape index (κ2) is 7.11. The molecule has 0 radical (unpaired) electrons. The summed E-state index contributed by atoms with van der Waals surface area (Å²) >= 11 is 0. The second-order valence-electron chi connectivity index (χ2n) is 6.76. The van der Waals surface area contributed by atoms with Crippen LogP contribution >= 0.6 is 0 Å². The van der Waals surface area contributed by atoms with Crippen molar-refractivity contribution in [1.82, 2.24) is 4.90 Å². The highest BCUT2D eigenvalue weighted by atomic mass is 16.3. The number of nitrogens with zero attached hydrogens (tertiary/aromatic N) is 1. The molecule has 3 aromatic rings. The van der Waals surface area contributed by atoms with Gasteiger partial charge in [-0.3, -0.25) is 9.59 Å². The largest absolute Gasteiger partial charge is 0.459 e. The molecule has 5 heteroatoms. The average molecular weight is 360 g/mol. The lowest BCUT2D eigenvalue weighted by Crippen LogP contribution is -2.50. The Hall–Kier alpha value is -3.34. The van der Waals surface area contributed by atoms with Gasteiger partial charge in [0.1, 0.15) is 6.04 Å². The van der Waals surface area contributed by atoms with E-state index in [0.717, 1.165) is 22.4 Å². The lowest BCUT2D eigenvalue weighted by molar-refractivity contribution is -0.121. The van der Waals surface area contributed by atoms with Crippen LogP contribution in [0.1, 0.15) is 27.2 Å². The summed E-state index contributed by atoms with van der Waals surface area (Å²) in [4.78, 5) is 27.6. The van der Waals surface area contributed by atoms with Gasteiger partial charge >= 0.3 is 0 Å². The van der Waals surface area contributed by atoms with Gasteiger partial charge in [-0.15, -0.1) is 0 Å². The number of fused-ring (bicyclic) bond motifs is 1. The Bertz CT molecular complexity index is 979. The monoisotopic (exact) mass is 360 g/mol. The van der Waals surface area contributed by atoms with Gasteiger partial charge in [-0.1, -0.05) is 36.4 Å². The third-order valence-corrected chi connectivity index (χ3v) is 4.83. The molecule has 1 aromatic heterocycles. The van der Waals surface area contributed by atoms with Crippen molar-refractivity contribution in [3.63, 3.8) is 0 Å². The van der Waals surface area contributed by atoms with Gasteiger partial charge in [0.25, 0.3) is 5.91 Å². The Morgan fingerprint density at radius 1 is 1.04 bits per heavy atom. The lowest BCUT2D eigenvalue weighted by Gasteiger charge is -2.35. The summed E-state index contributed by atoms with van der Waals surface area (Å²) in [5.74, 6) is -0.239. The van der Waals surface area contributed by atoms with E-state index in [2.05, 4.69) is 5.32 Å². The fraction of sp³-hybridized carbons (Fsp3) is 0.182. The molecule has 27 heavy (non-hydrogen) atoms. The minimum Gasteiger partial charge on any atom is -0.459 e. The predicted molar refractivity (Wildman–Crippen MR) is 102 cm³/mol. The van der Waals surface area contributed by atoms with Gasteiger partial charge < -0.3 is 14.6 Å². The van der Waals surface area contributed by atoms with E-state index < -0.39 is 6.04 Å². The lowest BCUT2D eigenvalue weighted by atomic mass is 9.93.